The molecule has 3 aromatic heterocycles. The Kier molecular flexibility index (Phi) is 7.84. The van der Waals surface area contributed by atoms with Crippen LogP contribution in [0.15, 0.2) is 53.5 Å². The molecule has 11 nitrogen and oxygen atoms in total. The van der Waals surface area contributed by atoms with E-state index in [0.717, 1.165) is 27.4 Å². The van der Waals surface area contributed by atoms with E-state index in [0.29, 0.717) is 41.4 Å². The Morgan fingerprint density at radius 2 is 1.82 bits per heavy atom. The molecule has 6 rings (SSSR count). The molecule has 45 heavy (non-hydrogen) atoms. The van der Waals surface area contributed by atoms with Crippen LogP contribution in [-0.4, -0.2) is 68.7 Å². The second-order valence-electron chi connectivity index (χ2n) is 12.7. The molecule has 4 aromatic rings. The van der Waals surface area contributed by atoms with Crippen molar-refractivity contribution in [2.45, 2.75) is 45.4 Å². The van der Waals surface area contributed by atoms with E-state index in [2.05, 4.69) is 42.2 Å². The first kappa shape index (κ1) is 30.6. The number of aromatic nitrogens is 3. The number of carbonyl (C=O) groups is 2. The number of nitrogens with one attached hydrogen (secondary N) is 1. The van der Waals surface area contributed by atoms with E-state index in [1.807, 2.05) is 36.2 Å². The quantitative estimate of drug-likeness (QED) is 0.328. The molecule has 12 heteroatoms. The van der Waals surface area contributed by atoms with Crippen molar-refractivity contribution in [3.05, 3.63) is 85.5 Å². The largest absolute Gasteiger partial charge is 0.392 e. The Morgan fingerprint density at radius 1 is 1.04 bits per heavy atom. The molecule has 0 spiro atoms. The van der Waals surface area contributed by atoms with Crippen molar-refractivity contribution < 1.29 is 14.7 Å². The lowest BCUT2D eigenvalue weighted by Crippen LogP contribution is -2.49. The fourth-order valence-electron chi connectivity index (χ4n) is 5.84. The van der Waals surface area contributed by atoms with Crippen LogP contribution in [0.1, 0.15) is 58.1 Å². The van der Waals surface area contributed by atoms with Gasteiger partial charge in [-0.1, -0.05) is 39.0 Å². The topological polar surface area (TPSA) is 124 Å². The van der Waals surface area contributed by atoms with Gasteiger partial charge in [-0.3, -0.25) is 19.3 Å². The second kappa shape index (κ2) is 11.5. The number of thiophene rings is 1. The molecule has 234 valence electrons. The first-order chi connectivity index (χ1) is 21.4. The summed E-state index contributed by atoms with van der Waals surface area (Å²) in [6, 6.07) is 12.4. The monoisotopic (exact) mass is 627 g/mol. The standard InChI is InChI=1S/C33H37N7O4S/c1-33(2,3)26-14-20-17-40(32(44)29(20)45-26)25-9-7-8-21(22(25)18-41)23-15-24(30(42)39(6)36-23)35-27-11-10-19(16-34-27)28-31(43)38(5)13-12-37(28)4/h7-11,14-16,28,41H,12-13,17-18H2,1-6H3,(H,34,35). The number of amides is 2. The minimum absolute atomic E-state index is 0.0155. The van der Waals surface area contributed by atoms with Crippen molar-refractivity contribution in [2.24, 2.45) is 7.05 Å². The SMILES string of the molecule is CN1CCN(C)C(c2ccc(Nc3cc(-c4cccc(N5Cc6cc(C(C)(C)C)sc6C5=O)c4CO)nn(C)c3=O)nc2)C1=O. The summed E-state index contributed by atoms with van der Waals surface area (Å²) in [6.07, 6.45) is 1.65. The third-order valence-corrected chi connectivity index (χ3v) is 10.1. The summed E-state index contributed by atoms with van der Waals surface area (Å²) in [5, 5.41) is 18.2. The highest BCUT2D eigenvalue weighted by atomic mass is 32.1. The van der Waals surface area contributed by atoms with Crippen LogP contribution < -0.4 is 15.8 Å². The first-order valence-corrected chi connectivity index (χ1v) is 15.6. The molecule has 0 saturated carbocycles. The van der Waals surface area contributed by atoms with Crippen LogP contribution in [0.4, 0.5) is 17.2 Å². The highest BCUT2D eigenvalue weighted by Crippen LogP contribution is 2.41. The van der Waals surface area contributed by atoms with Crippen molar-refractivity contribution in [1.29, 1.82) is 0 Å². The van der Waals surface area contributed by atoms with Crippen LogP contribution in [0.2, 0.25) is 0 Å². The zero-order valence-corrected chi connectivity index (χ0v) is 27.1. The van der Waals surface area contributed by atoms with Crippen LogP contribution in [0.5, 0.6) is 0 Å². The van der Waals surface area contributed by atoms with E-state index in [1.54, 1.807) is 42.2 Å². The molecule has 1 aromatic carbocycles. The molecular formula is C33H37N7O4S. The predicted octanol–water partition coefficient (Wildman–Crippen LogP) is 4.04. The molecule has 2 aliphatic heterocycles. The number of benzene rings is 1. The van der Waals surface area contributed by atoms with E-state index in [9.17, 15) is 19.5 Å². The van der Waals surface area contributed by atoms with Crippen LogP contribution in [0.25, 0.3) is 11.3 Å². The Hall–Kier alpha value is -4.39. The van der Waals surface area contributed by atoms with E-state index >= 15 is 0 Å². The van der Waals surface area contributed by atoms with Crippen molar-refractivity contribution in [3.63, 3.8) is 0 Å². The molecule has 1 atom stereocenters. The number of hydrogen-bond acceptors (Lipinski definition) is 9. The molecule has 1 saturated heterocycles. The number of nitrogens with zero attached hydrogens (tertiary/aromatic N) is 6. The zero-order valence-electron chi connectivity index (χ0n) is 26.3. The number of hydrogen-bond donors (Lipinski definition) is 2. The number of likely N-dealkylation sites (N-methyl/N-ethyl adjacent to an activating group) is 2. The molecule has 1 fully saturated rings. The summed E-state index contributed by atoms with van der Waals surface area (Å²) in [5.41, 5.74) is 3.82. The predicted molar refractivity (Wildman–Crippen MR) is 175 cm³/mol. The zero-order chi connectivity index (χ0) is 32.2. The Bertz CT molecular complexity index is 1860. The highest BCUT2D eigenvalue weighted by Gasteiger charge is 2.35. The van der Waals surface area contributed by atoms with Gasteiger partial charge in [-0.2, -0.15) is 5.10 Å². The number of aliphatic hydroxyl groups excluding tert-OH is 1. The molecule has 2 aliphatic rings. The molecular weight excluding hydrogens is 590 g/mol. The minimum atomic E-state index is -0.413. The summed E-state index contributed by atoms with van der Waals surface area (Å²) in [6.45, 7) is 7.94. The molecule has 2 N–H and O–H groups in total. The molecule has 5 heterocycles. The molecule has 0 aliphatic carbocycles. The molecule has 2 amide bonds. The van der Waals surface area contributed by atoms with E-state index in [4.69, 9.17) is 0 Å². The lowest BCUT2D eigenvalue weighted by molar-refractivity contribution is -0.139. The van der Waals surface area contributed by atoms with Crippen LogP contribution in [0.3, 0.4) is 0 Å². The average molecular weight is 628 g/mol. The Labute approximate surface area is 265 Å². The number of pyridine rings is 1. The van der Waals surface area contributed by atoms with Crippen molar-refractivity contribution >= 4 is 40.3 Å². The number of fused-ring (bicyclic) bond motifs is 1. The van der Waals surface area contributed by atoms with Gasteiger partial charge < -0.3 is 20.2 Å². The smallest absolute Gasteiger partial charge is 0.290 e. The average Bonchev–Trinajstić information content (AvgIpc) is 3.57. The van der Waals surface area contributed by atoms with Crippen molar-refractivity contribution in [2.75, 3.05) is 37.4 Å². The first-order valence-electron chi connectivity index (χ1n) is 14.8. The number of anilines is 3. The maximum absolute atomic E-state index is 13.5. The Morgan fingerprint density at radius 3 is 2.49 bits per heavy atom. The summed E-state index contributed by atoms with van der Waals surface area (Å²) < 4.78 is 1.23. The van der Waals surface area contributed by atoms with Gasteiger partial charge in [0.15, 0.2) is 0 Å². The number of aryl methyl sites for hydroxylation is 1. The van der Waals surface area contributed by atoms with Gasteiger partial charge in [0.05, 0.1) is 29.4 Å². The van der Waals surface area contributed by atoms with Gasteiger partial charge in [0.25, 0.3) is 11.5 Å². The second-order valence-corrected chi connectivity index (χ2v) is 13.7. The summed E-state index contributed by atoms with van der Waals surface area (Å²) in [7, 11) is 5.28. The fraction of sp³-hybridized carbons (Fsp3) is 0.364. The van der Waals surface area contributed by atoms with E-state index in [-0.39, 0.29) is 35.1 Å². The van der Waals surface area contributed by atoms with Gasteiger partial charge in [-0.25, -0.2) is 9.67 Å². The van der Waals surface area contributed by atoms with Crippen LogP contribution in [0, 0.1) is 0 Å². The Balaban J connectivity index is 1.29. The van der Waals surface area contributed by atoms with Gasteiger partial charge in [-0.15, -0.1) is 11.3 Å². The van der Waals surface area contributed by atoms with E-state index < -0.39 is 6.04 Å². The van der Waals surface area contributed by atoms with E-state index in [1.165, 1.54) is 16.0 Å². The maximum atomic E-state index is 13.5. The summed E-state index contributed by atoms with van der Waals surface area (Å²) >= 11 is 1.53. The molecule has 1 unspecified atom stereocenters. The van der Waals surface area contributed by atoms with Crippen LogP contribution in [-0.2, 0) is 30.4 Å². The van der Waals surface area contributed by atoms with Crippen molar-refractivity contribution in [1.82, 2.24) is 24.6 Å². The lowest BCUT2D eigenvalue weighted by atomic mass is 9.94. The summed E-state index contributed by atoms with van der Waals surface area (Å²) in [4.78, 5) is 51.3. The minimum Gasteiger partial charge on any atom is -0.392 e. The third kappa shape index (κ3) is 5.54. The number of aliphatic hydroxyl groups is 1. The fourth-order valence-corrected chi connectivity index (χ4v) is 7.02. The summed E-state index contributed by atoms with van der Waals surface area (Å²) in [5.74, 6) is 0.365. The van der Waals surface area contributed by atoms with Gasteiger partial charge in [-0.05, 0) is 47.9 Å². The molecule has 0 radical (unpaired) electrons. The van der Waals surface area contributed by atoms with Crippen molar-refractivity contribution in [3.8, 4) is 11.3 Å². The van der Waals surface area contributed by atoms with Gasteiger partial charge in [0.2, 0.25) is 5.91 Å². The number of carbonyl (C=O) groups excluding carboxylic acids is 2. The number of piperazine rings is 1. The third-order valence-electron chi connectivity index (χ3n) is 8.46. The number of rotatable bonds is 6. The van der Waals surface area contributed by atoms with Gasteiger partial charge in [0, 0.05) is 49.4 Å². The van der Waals surface area contributed by atoms with Gasteiger partial charge >= 0.3 is 0 Å². The normalized spacial score (nSPS) is 17.3. The lowest BCUT2D eigenvalue weighted by Gasteiger charge is -2.36. The van der Waals surface area contributed by atoms with Crippen LogP contribution >= 0.6 is 11.3 Å². The maximum Gasteiger partial charge on any atom is 0.290 e. The molecule has 0 bridgehead atoms. The highest BCUT2D eigenvalue weighted by molar-refractivity contribution is 7.14. The van der Waals surface area contributed by atoms with Gasteiger partial charge in [0.1, 0.15) is 17.5 Å².